The van der Waals surface area contributed by atoms with E-state index in [2.05, 4.69) is 20.3 Å². The molecule has 1 aromatic carbocycles. The maximum atomic E-state index is 13.8. The number of nitrogens with two attached hydrogens (primary N) is 1. The van der Waals surface area contributed by atoms with Crippen LogP contribution in [0.2, 0.25) is 10.2 Å². The Hall–Kier alpha value is -2.53. The molecule has 9 nitrogen and oxygen atoms in total. The number of alkyl halides is 1. The number of hydrogen-bond donors (Lipinski definition) is 3. The van der Waals surface area contributed by atoms with E-state index in [1.54, 1.807) is 17.8 Å². The highest BCUT2D eigenvalue weighted by molar-refractivity contribution is 6.43. The Morgan fingerprint density at radius 3 is 2.82 bits per heavy atom. The van der Waals surface area contributed by atoms with E-state index in [1.165, 1.54) is 0 Å². The van der Waals surface area contributed by atoms with Crippen LogP contribution in [0, 0.1) is 0 Å². The molecule has 3 aromatic heterocycles. The Balaban J connectivity index is 1.58. The summed E-state index contributed by atoms with van der Waals surface area (Å²) in [5.41, 5.74) is 9.04. The summed E-state index contributed by atoms with van der Waals surface area (Å²) < 4.78 is 15.4. The zero-order chi connectivity index (χ0) is 23.4. The first-order chi connectivity index (χ1) is 15.8. The zero-order valence-corrected chi connectivity index (χ0v) is 19.6. The third kappa shape index (κ3) is 3.61. The van der Waals surface area contributed by atoms with Crippen LogP contribution in [0.5, 0.6) is 0 Å². The third-order valence-corrected chi connectivity index (χ3v) is 7.21. The van der Waals surface area contributed by atoms with Gasteiger partial charge in [0.15, 0.2) is 11.5 Å². The monoisotopic (exact) mass is 492 g/mol. The number of aromatic amines is 1. The van der Waals surface area contributed by atoms with Crippen LogP contribution in [0.15, 0.2) is 12.1 Å². The first kappa shape index (κ1) is 22.3. The molecule has 1 saturated carbocycles. The van der Waals surface area contributed by atoms with Gasteiger partial charge in [-0.15, -0.1) is 0 Å². The lowest BCUT2D eigenvalue weighted by atomic mass is 9.89. The van der Waals surface area contributed by atoms with Gasteiger partial charge < -0.3 is 15.7 Å². The predicted molar refractivity (Wildman–Crippen MR) is 126 cm³/mol. The van der Waals surface area contributed by atoms with E-state index in [1.807, 2.05) is 18.0 Å². The summed E-state index contributed by atoms with van der Waals surface area (Å²) in [6.07, 6.45) is 0.543. The summed E-state index contributed by atoms with van der Waals surface area (Å²) >= 11 is 13.1. The molecule has 3 atom stereocenters. The van der Waals surface area contributed by atoms with E-state index < -0.39 is 12.2 Å². The minimum Gasteiger partial charge on any atom is -0.390 e. The predicted octanol–water partition coefficient (Wildman–Crippen LogP) is 3.36. The molecule has 174 valence electrons. The molecule has 4 N–H and O–H groups in total. The highest BCUT2D eigenvalue weighted by Gasteiger charge is 2.32. The molecular formula is C21H23Cl2FN8O. The van der Waals surface area contributed by atoms with E-state index in [0.29, 0.717) is 74.3 Å². The van der Waals surface area contributed by atoms with Gasteiger partial charge in [0.1, 0.15) is 28.2 Å². The average Bonchev–Trinajstić information content (AvgIpc) is 3.34. The van der Waals surface area contributed by atoms with E-state index >= 15 is 0 Å². The zero-order valence-electron chi connectivity index (χ0n) is 18.1. The highest BCUT2D eigenvalue weighted by Crippen LogP contribution is 2.39. The molecule has 1 aliphatic rings. The van der Waals surface area contributed by atoms with Crippen molar-refractivity contribution in [3.63, 3.8) is 0 Å². The molecular weight excluding hydrogens is 470 g/mol. The van der Waals surface area contributed by atoms with Crippen LogP contribution in [-0.2, 0) is 13.7 Å². The second-order valence-electron chi connectivity index (χ2n) is 8.41. The highest BCUT2D eigenvalue weighted by atomic mass is 35.5. The molecule has 0 unspecified atom stereocenters. The molecule has 4 aromatic rings. The van der Waals surface area contributed by atoms with Gasteiger partial charge in [-0.2, -0.15) is 10.2 Å². The Bertz CT molecular complexity index is 1360. The number of anilines is 1. The Morgan fingerprint density at radius 1 is 1.30 bits per heavy atom. The second kappa shape index (κ2) is 8.35. The average molecular weight is 493 g/mol. The number of halogens is 3. The van der Waals surface area contributed by atoms with Crippen molar-refractivity contribution in [1.29, 1.82) is 0 Å². The van der Waals surface area contributed by atoms with E-state index in [-0.39, 0.29) is 12.6 Å². The number of aryl methyl sites for hydroxylation is 1. The van der Waals surface area contributed by atoms with Crippen molar-refractivity contribution < 1.29 is 9.50 Å². The van der Waals surface area contributed by atoms with Crippen LogP contribution < -0.4 is 10.6 Å². The summed E-state index contributed by atoms with van der Waals surface area (Å²) in [6, 6.07) is 3.10. The number of H-pyrrole nitrogens is 1. The Labute approximate surface area is 198 Å². The minimum absolute atomic E-state index is 0.00369. The summed E-state index contributed by atoms with van der Waals surface area (Å²) in [5, 5.41) is 23.2. The van der Waals surface area contributed by atoms with Gasteiger partial charge in [-0.1, -0.05) is 23.2 Å². The number of hydrogen-bond acceptors (Lipinski definition) is 7. The number of aromatic nitrogens is 6. The van der Waals surface area contributed by atoms with Gasteiger partial charge in [0, 0.05) is 31.7 Å². The number of aliphatic hydroxyl groups is 1. The molecule has 0 bridgehead atoms. The molecule has 0 amide bonds. The van der Waals surface area contributed by atoms with Gasteiger partial charge in [0.25, 0.3) is 0 Å². The second-order valence-corrected chi connectivity index (χ2v) is 9.15. The lowest BCUT2D eigenvalue weighted by molar-refractivity contribution is 0.201. The number of rotatable bonds is 4. The maximum absolute atomic E-state index is 13.8. The molecule has 5 rings (SSSR count). The fourth-order valence-electron chi connectivity index (χ4n) is 4.51. The molecule has 33 heavy (non-hydrogen) atoms. The number of benzene rings is 1. The summed E-state index contributed by atoms with van der Waals surface area (Å²) in [6.45, 7) is -0.320. The van der Waals surface area contributed by atoms with Crippen LogP contribution in [0.1, 0.15) is 25.0 Å². The quantitative estimate of drug-likeness (QED) is 0.399. The minimum atomic E-state index is -0.994. The topological polar surface area (TPSA) is 122 Å². The molecule has 12 heteroatoms. The number of aliphatic hydroxyl groups excluding tert-OH is 1. The van der Waals surface area contributed by atoms with Crippen molar-refractivity contribution in [3.05, 3.63) is 28.0 Å². The van der Waals surface area contributed by atoms with Gasteiger partial charge in [0.05, 0.1) is 22.5 Å². The van der Waals surface area contributed by atoms with Gasteiger partial charge in [-0.25, -0.2) is 14.4 Å². The van der Waals surface area contributed by atoms with E-state index in [9.17, 15) is 9.50 Å². The molecule has 0 saturated heterocycles. The molecule has 1 fully saturated rings. The van der Waals surface area contributed by atoms with Gasteiger partial charge in [-0.3, -0.25) is 9.78 Å². The van der Waals surface area contributed by atoms with Crippen LogP contribution in [0.25, 0.3) is 33.3 Å². The van der Waals surface area contributed by atoms with Gasteiger partial charge in [0.2, 0.25) is 0 Å². The van der Waals surface area contributed by atoms with Gasteiger partial charge in [-0.05, 0) is 31.4 Å². The molecule has 0 radical (unpaired) electrons. The maximum Gasteiger partial charge on any atom is 0.177 e. The standard InChI is InChI=1S/C21H23Cl2FN8O/c1-31(9-3-5-11(24)12(25)7-9)21-14(8-33)26-18-17(28-29-20(18)27-21)10-4-6-13-15(16(10)22)19(23)32(2)30-13/h4,6,9,11-12,33H,3,5,7-8,25H2,1-2H3,(H,27,28,29)/t9-,11-,12+/m1/s1. The fourth-order valence-corrected chi connectivity index (χ4v) is 5.12. The Morgan fingerprint density at radius 2 is 2.09 bits per heavy atom. The summed E-state index contributed by atoms with van der Waals surface area (Å²) in [4.78, 5) is 11.3. The number of nitrogens with one attached hydrogen (secondary N) is 1. The smallest absolute Gasteiger partial charge is 0.177 e. The van der Waals surface area contributed by atoms with Crippen molar-refractivity contribution in [3.8, 4) is 11.3 Å². The van der Waals surface area contributed by atoms with E-state index in [4.69, 9.17) is 33.9 Å². The summed E-state index contributed by atoms with van der Waals surface area (Å²) in [5.74, 6) is 0.506. The summed E-state index contributed by atoms with van der Waals surface area (Å²) in [7, 11) is 3.60. The van der Waals surface area contributed by atoms with Crippen molar-refractivity contribution in [2.24, 2.45) is 12.8 Å². The fraction of sp³-hybridized carbons (Fsp3) is 0.429. The molecule has 0 spiro atoms. The van der Waals surface area contributed by atoms with Gasteiger partial charge >= 0.3 is 0 Å². The van der Waals surface area contributed by atoms with Crippen molar-refractivity contribution >= 4 is 51.1 Å². The van der Waals surface area contributed by atoms with E-state index in [0.717, 1.165) is 0 Å². The Kier molecular flexibility index (Phi) is 5.64. The molecule has 1 aliphatic carbocycles. The van der Waals surface area contributed by atoms with Crippen LogP contribution in [-0.4, -0.2) is 60.4 Å². The van der Waals surface area contributed by atoms with Crippen LogP contribution in [0.4, 0.5) is 10.2 Å². The first-order valence-corrected chi connectivity index (χ1v) is 11.3. The molecule has 3 heterocycles. The lowest BCUT2D eigenvalue weighted by Gasteiger charge is -2.36. The normalized spacial score (nSPS) is 21.2. The van der Waals surface area contributed by atoms with Crippen molar-refractivity contribution in [2.75, 3.05) is 11.9 Å². The third-order valence-electron chi connectivity index (χ3n) is 6.38. The lowest BCUT2D eigenvalue weighted by Crippen LogP contribution is -2.46. The van der Waals surface area contributed by atoms with Crippen molar-refractivity contribution in [1.82, 2.24) is 29.9 Å². The SMILES string of the molecule is CN(c1nc2[nH]nc(-c3ccc4nn(C)c(Cl)c4c3Cl)c2nc1CO)[C@@H]1CC[C@@H](F)[C@@H](N)C1. The molecule has 0 aliphatic heterocycles. The van der Waals surface area contributed by atoms with Crippen molar-refractivity contribution in [2.45, 2.75) is 44.1 Å². The largest absolute Gasteiger partial charge is 0.390 e. The first-order valence-electron chi connectivity index (χ1n) is 10.6. The van der Waals surface area contributed by atoms with Crippen LogP contribution >= 0.6 is 23.2 Å². The number of fused-ring (bicyclic) bond motifs is 2. The number of nitrogens with zero attached hydrogens (tertiary/aromatic N) is 6. The van der Waals surface area contributed by atoms with Crippen LogP contribution in [0.3, 0.4) is 0 Å².